The van der Waals surface area contributed by atoms with Gasteiger partial charge in [-0.1, -0.05) is 0 Å². The van der Waals surface area contributed by atoms with Crippen LogP contribution in [0.25, 0.3) is 0 Å². The predicted octanol–water partition coefficient (Wildman–Crippen LogP) is 1.18. The molecule has 0 aromatic rings. The van der Waals surface area contributed by atoms with Gasteiger partial charge < -0.3 is 14.8 Å². The van der Waals surface area contributed by atoms with Gasteiger partial charge in [0.25, 0.3) is 0 Å². The molecule has 2 fully saturated rings. The molecule has 2 rings (SSSR count). The summed E-state index contributed by atoms with van der Waals surface area (Å²) in [5, 5.41) is 3.29. The Morgan fingerprint density at radius 1 is 1.43 bits per heavy atom. The van der Waals surface area contributed by atoms with Crippen LogP contribution >= 0.6 is 0 Å². The molecule has 0 aromatic heterocycles. The van der Waals surface area contributed by atoms with E-state index in [1.54, 1.807) is 0 Å². The van der Waals surface area contributed by atoms with Gasteiger partial charge in [-0.15, -0.1) is 0 Å². The molecule has 0 spiro atoms. The Kier molecular flexibility index (Phi) is 3.42. The minimum absolute atomic E-state index is 0.351. The molecule has 0 bridgehead atoms. The molecule has 2 saturated heterocycles. The van der Waals surface area contributed by atoms with E-state index in [0.717, 1.165) is 26.4 Å². The molecule has 14 heavy (non-hydrogen) atoms. The zero-order valence-corrected chi connectivity index (χ0v) is 9.05. The molecule has 0 saturated carbocycles. The lowest BCUT2D eigenvalue weighted by atomic mass is 9.81. The van der Waals surface area contributed by atoms with Gasteiger partial charge in [-0.2, -0.15) is 0 Å². The molecule has 1 N–H and O–H groups in total. The summed E-state index contributed by atoms with van der Waals surface area (Å²) in [4.78, 5) is 0. The van der Waals surface area contributed by atoms with Crippen molar-refractivity contribution in [1.29, 1.82) is 0 Å². The standard InChI is InChI=1S/C11H21NO2/c1-12-8-11(4-6-13-9-11)7-10-3-2-5-14-10/h10,12H,2-9H2,1H3. The lowest BCUT2D eigenvalue weighted by Gasteiger charge is -2.29. The van der Waals surface area contributed by atoms with Gasteiger partial charge in [-0.25, -0.2) is 0 Å². The van der Waals surface area contributed by atoms with Crippen molar-refractivity contribution in [2.75, 3.05) is 33.4 Å². The third-order valence-electron chi connectivity index (χ3n) is 3.42. The quantitative estimate of drug-likeness (QED) is 0.737. The Hall–Kier alpha value is -0.120. The minimum atomic E-state index is 0.351. The zero-order valence-electron chi connectivity index (χ0n) is 9.05. The summed E-state index contributed by atoms with van der Waals surface area (Å²) >= 11 is 0. The first kappa shape index (κ1) is 10.4. The summed E-state index contributed by atoms with van der Waals surface area (Å²) in [5.74, 6) is 0. The van der Waals surface area contributed by atoms with E-state index in [-0.39, 0.29) is 0 Å². The molecule has 0 amide bonds. The SMILES string of the molecule is CNCC1(CC2CCCO2)CCOC1. The molecule has 3 heteroatoms. The predicted molar refractivity (Wildman–Crippen MR) is 55.4 cm³/mol. The minimum Gasteiger partial charge on any atom is -0.381 e. The third-order valence-corrected chi connectivity index (χ3v) is 3.42. The van der Waals surface area contributed by atoms with Crippen LogP contribution in [0.3, 0.4) is 0 Å². The average Bonchev–Trinajstić information content (AvgIpc) is 2.78. The van der Waals surface area contributed by atoms with E-state index in [1.165, 1.54) is 25.7 Å². The Bertz CT molecular complexity index is 172. The topological polar surface area (TPSA) is 30.5 Å². The second-order valence-electron chi connectivity index (χ2n) is 4.67. The van der Waals surface area contributed by atoms with Crippen molar-refractivity contribution in [2.45, 2.75) is 31.8 Å². The van der Waals surface area contributed by atoms with Crippen molar-refractivity contribution >= 4 is 0 Å². The summed E-state index contributed by atoms with van der Waals surface area (Å²) in [5.41, 5.74) is 0.351. The average molecular weight is 199 g/mol. The zero-order chi connectivity index (χ0) is 9.86. The summed E-state index contributed by atoms with van der Waals surface area (Å²) in [7, 11) is 2.02. The molecule has 2 atom stereocenters. The number of hydrogen-bond acceptors (Lipinski definition) is 3. The molecule has 2 heterocycles. The van der Waals surface area contributed by atoms with Gasteiger partial charge in [-0.3, -0.25) is 0 Å². The number of nitrogens with one attached hydrogen (secondary N) is 1. The first-order valence-electron chi connectivity index (χ1n) is 5.69. The third kappa shape index (κ3) is 2.27. The first-order valence-corrected chi connectivity index (χ1v) is 5.69. The Morgan fingerprint density at radius 3 is 2.93 bits per heavy atom. The summed E-state index contributed by atoms with van der Waals surface area (Å²) < 4.78 is 11.2. The Morgan fingerprint density at radius 2 is 2.36 bits per heavy atom. The highest BCUT2D eigenvalue weighted by atomic mass is 16.5. The first-order chi connectivity index (χ1) is 6.85. The van der Waals surface area contributed by atoms with Crippen LogP contribution in [-0.4, -0.2) is 39.5 Å². The van der Waals surface area contributed by atoms with E-state index in [0.29, 0.717) is 11.5 Å². The lowest BCUT2D eigenvalue weighted by molar-refractivity contribution is 0.0528. The van der Waals surface area contributed by atoms with E-state index in [2.05, 4.69) is 5.32 Å². The van der Waals surface area contributed by atoms with Crippen LogP contribution in [0, 0.1) is 5.41 Å². The molecule has 0 radical (unpaired) electrons. The van der Waals surface area contributed by atoms with Gasteiger partial charge in [-0.05, 0) is 32.7 Å². The van der Waals surface area contributed by atoms with Gasteiger partial charge >= 0.3 is 0 Å². The van der Waals surface area contributed by atoms with Crippen LogP contribution in [0.2, 0.25) is 0 Å². The molecule has 3 nitrogen and oxygen atoms in total. The second-order valence-corrected chi connectivity index (χ2v) is 4.67. The van der Waals surface area contributed by atoms with Crippen molar-refractivity contribution < 1.29 is 9.47 Å². The normalized spacial score (nSPS) is 37.9. The Labute approximate surface area is 86.2 Å². The molecule has 0 aliphatic carbocycles. The lowest BCUT2D eigenvalue weighted by Crippen LogP contribution is -2.36. The maximum Gasteiger partial charge on any atom is 0.0582 e. The van der Waals surface area contributed by atoms with Crippen molar-refractivity contribution in [3.63, 3.8) is 0 Å². The number of hydrogen-bond donors (Lipinski definition) is 1. The summed E-state index contributed by atoms with van der Waals surface area (Å²) in [6.45, 7) is 3.86. The van der Waals surface area contributed by atoms with Gasteiger partial charge in [0.05, 0.1) is 12.7 Å². The van der Waals surface area contributed by atoms with Crippen molar-refractivity contribution in [1.82, 2.24) is 5.32 Å². The van der Waals surface area contributed by atoms with Crippen LogP contribution in [0.1, 0.15) is 25.7 Å². The van der Waals surface area contributed by atoms with Gasteiger partial charge in [0, 0.05) is 25.2 Å². The van der Waals surface area contributed by atoms with E-state index >= 15 is 0 Å². The molecule has 82 valence electrons. The Balaban J connectivity index is 1.89. The molecular formula is C11H21NO2. The highest BCUT2D eigenvalue weighted by Crippen LogP contribution is 2.35. The second kappa shape index (κ2) is 4.60. The van der Waals surface area contributed by atoms with Crippen LogP contribution in [0.5, 0.6) is 0 Å². The van der Waals surface area contributed by atoms with E-state index in [1.807, 2.05) is 7.05 Å². The fraction of sp³-hybridized carbons (Fsp3) is 1.00. The van der Waals surface area contributed by atoms with Crippen LogP contribution < -0.4 is 5.32 Å². The fourth-order valence-electron chi connectivity index (χ4n) is 2.69. The largest absolute Gasteiger partial charge is 0.381 e. The van der Waals surface area contributed by atoms with E-state index in [9.17, 15) is 0 Å². The van der Waals surface area contributed by atoms with Crippen LogP contribution in [0.15, 0.2) is 0 Å². The van der Waals surface area contributed by atoms with E-state index < -0.39 is 0 Å². The molecular weight excluding hydrogens is 178 g/mol. The number of rotatable bonds is 4. The molecule has 0 aromatic carbocycles. The van der Waals surface area contributed by atoms with Crippen molar-refractivity contribution in [3.8, 4) is 0 Å². The molecule has 2 aliphatic heterocycles. The van der Waals surface area contributed by atoms with Crippen molar-refractivity contribution in [2.24, 2.45) is 5.41 Å². The highest BCUT2D eigenvalue weighted by Gasteiger charge is 2.37. The monoisotopic (exact) mass is 199 g/mol. The maximum absolute atomic E-state index is 5.70. The maximum atomic E-state index is 5.70. The highest BCUT2D eigenvalue weighted by molar-refractivity contribution is 4.88. The van der Waals surface area contributed by atoms with Gasteiger partial charge in [0.2, 0.25) is 0 Å². The number of ether oxygens (including phenoxy) is 2. The summed E-state index contributed by atoms with van der Waals surface area (Å²) in [6, 6.07) is 0. The van der Waals surface area contributed by atoms with Crippen molar-refractivity contribution in [3.05, 3.63) is 0 Å². The summed E-state index contributed by atoms with van der Waals surface area (Å²) in [6.07, 6.45) is 5.33. The molecule has 2 aliphatic rings. The van der Waals surface area contributed by atoms with E-state index in [4.69, 9.17) is 9.47 Å². The smallest absolute Gasteiger partial charge is 0.0582 e. The van der Waals surface area contributed by atoms with Gasteiger partial charge in [0.1, 0.15) is 0 Å². The van der Waals surface area contributed by atoms with Gasteiger partial charge in [0.15, 0.2) is 0 Å². The van der Waals surface area contributed by atoms with Crippen LogP contribution in [0.4, 0.5) is 0 Å². The fourth-order valence-corrected chi connectivity index (χ4v) is 2.69. The molecule has 2 unspecified atom stereocenters. The van der Waals surface area contributed by atoms with Crippen LogP contribution in [-0.2, 0) is 9.47 Å².